The Morgan fingerprint density at radius 1 is 0.750 bits per heavy atom. The number of amides is 1. The Morgan fingerprint density at radius 2 is 1.35 bits per heavy atom. The van der Waals surface area contributed by atoms with E-state index in [-0.39, 0.29) is 22.9 Å². The van der Waals surface area contributed by atoms with Gasteiger partial charge < -0.3 is 20.2 Å². The van der Waals surface area contributed by atoms with Gasteiger partial charge in [-0.05, 0) is 116 Å². The Labute approximate surface area is 311 Å². The molecule has 1 unspecified atom stereocenters. The van der Waals surface area contributed by atoms with Gasteiger partial charge in [-0.3, -0.25) is 4.79 Å². The van der Waals surface area contributed by atoms with Gasteiger partial charge in [0.25, 0.3) is 5.91 Å². The van der Waals surface area contributed by atoms with Crippen molar-refractivity contribution in [3.63, 3.8) is 0 Å². The second kappa shape index (κ2) is 16.1. The average molecular weight is 710 g/mol. The number of carbonyl (C=O) groups is 1. The van der Waals surface area contributed by atoms with Gasteiger partial charge in [0, 0.05) is 60.1 Å². The van der Waals surface area contributed by atoms with Crippen LogP contribution in [0.4, 0.5) is 28.4 Å². The Balaban J connectivity index is 1.33. The number of aryl methyl sites for hydroxylation is 1. The van der Waals surface area contributed by atoms with E-state index in [2.05, 4.69) is 114 Å². The van der Waals surface area contributed by atoms with Gasteiger partial charge in [0.2, 0.25) is 0 Å². The molecule has 0 spiro atoms. The number of nitrogens with zero attached hydrogens (tertiary/aromatic N) is 4. The average Bonchev–Trinajstić information content (AvgIpc) is 3.17. The molecule has 52 heavy (non-hydrogen) atoms. The molecule has 6 aromatic carbocycles. The van der Waals surface area contributed by atoms with Gasteiger partial charge >= 0.3 is 0 Å². The van der Waals surface area contributed by atoms with Crippen LogP contribution >= 0.6 is 11.6 Å². The highest BCUT2D eigenvalue weighted by atomic mass is 35.5. The summed E-state index contributed by atoms with van der Waals surface area (Å²) in [7, 11) is 2.10. The molecule has 0 aliphatic carbocycles. The standard InChI is InChI=1S/C44H44ClN5O2/c1-6-49(5)36-22-15-31(16-23-36)41(32-17-24-37(25-18-32)50(7-2)8-3)30-13-20-35(21-14-30)47-48-42-38-12-10-9-11-33(38)28-39(43(42)51)44(52)46-40-26-19-34(45)27-29(40)4/h9-28,41,51H,6-8H2,1-5H3,(H,46,52). The highest BCUT2D eigenvalue weighted by Crippen LogP contribution is 2.40. The molecule has 7 nitrogen and oxygen atoms in total. The summed E-state index contributed by atoms with van der Waals surface area (Å²) in [4.78, 5) is 18.0. The maximum Gasteiger partial charge on any atom is 0.259 e. The minimum atomic E-state index is -0.458. The molecule has 2 N–H and O–H groups in total. The van der Waals surface area contributed by atoms with Crippen molar-refractivity contribution in [2.24, 2.45) is 10.2 Å². The van der Waals surface area contributed by atoms with E-state index in [1.807, 2.05) is 43.3 Å². The smallest absolute Gasteiger partial charge is 0.259 e. The number of hydrogen-bond acceptors (Lipinski definition) is 6. The van der Waals surface area contributed by atoms with E-state index in [9.17, 15) is 9.90 Å². The van der Waals surface area contributed by atoms with E-state index in [4.69, 9.17) is 11.6 Å². The number of phenolic OH excluding ortho intramolecular Hbond substituents is 1. The van der Waals surface area contributed by atoms with Crippen LogP contribution in [0.15, 0.2) is 132 Å². The van der Waals surface area contributed by atoms with E-state index in [0.717, 1.165) is 36.1 Å². The van der Waals surface area contributed by atoms with Crippen LogP contribution in [0.25, 0.3) is 10.8 Å². The normalized spacial score (nSPS) is 11.9. The molecule has 0 fully saturated rings. The summed E-state index contributed by atoms with van der Waals surface area (Å²) in [5.41, 5.74) is 8.25. The van der Waals surface area contributed by atoms with Gasteiger partial charge in [-0.15, -0.1) is 5.11 Å². The zero-order valence-electron chi connectivity index (χ0n) is 30.3. The summed E-state index contributed by atoms with van der Waals surface area (Å²) in [6.07, 6.45) is 0. The summed E-state index contributed by atoms with van der Waals surface area (Å²) in [5.74, 6) is -0.696. The van der Waals surface area contributed by atoms with Gasteiger partial charge in [0.1, 0.15) is 5.69 Å². The van der Waals surface area contributed by atoms with Crippen LogP contribution in [0.2, 0.25) is 5.02 Å². The molecule has 0 saturated carbocycles. The van der Waals surface area contributed by atoms with E-state index in [1.54, 1.807) is 24.3 Å². The highest BCUT2D eigenvalue weighted by molar-refractivity contribution is 6.30. The first kappa shape index (κ1) is 36.1. The predicted molar refractivity (Wildman–Crippen MR) is 217 cm³/mol. The zero-order chi connectivity index (χ0) is 36.8. The van der Waals surface area contributed by atoms with Crippen LogP contribution in [0.5, 0.6) is 5.75 Å². The Hall–Kier alpha value is -5.66. The van der Waals surface area contributed by atoms with Crippen molar-refractivity contribution >= 4 is 56.7 Å². The number of benzene rings is 6. The number of aromatic hydroxyl groups is 1. The Bertz CT molecular complexity index is 2200. The number of rotatable bonds is 12. The molecule has 1 amide bonds. The molecular weight excluding hydrogens is 666 g/mol. The third kappa shape index (κ3) is 7.80. The van der Waals surface area contributed by atoms with Crippen molar-refractivity contribution in [2.45, 2.75) is 33.6 Å². The lowest BCUT2D eigenvalue weighted by molar-refractivity contribution is 0.102. The van der Waals surface area contributed by atoms with E-state index in [0.29, 0.717) is 21.8 Å². The number of anilines is 3. The molecule has 0 aliphatic heterocycles. The predicted octanol–water partition coefficient (Wildman–Crippen LogP) is 11.7. The summed E-state index contributed by atoms with van der Waals surface area (Å²) >= 11 is 6.11. The van der Waals surface area contributed by atoms with Crippen molar-refractivity contribution in [2.75, 3.05) is 41.8 Å². The minimum Gasteiger partial charge on any atom is -0.505 e. The fourth-order valence-corrected chi connectivity index (χ4v) is 6.76. The van der Waals surface area contributed by atoms with Gasteiger partial charge in [-0.1, -0.05) is 72.3 Å². The second-order valence-electron chi connectivity index (χ2n) is 12.8. The van der Waals surface area contributed by atoms with Crippen LogP contribution in [0.1, 0.15) is 59.3 Å². The highest BCUT2D eigenvalue weighted by Gasteiger charge is 2.20. The second-order valence-corrected chi connectivity index (χ2v) is 13.3. The van der Waals surface area contributed by atoms with Crippen LogP contribution in [0.3, 0.4) is 0 Å². The molecule has 8 heteroatoms. The van der Waals surface area contributed by atoms with Crippen molar-refractivity contribution in [1.82, 2.24) is 0 Å². The topological polar surface area (TPSA) is 80.5 Å². The number of fused-ring (bicyclic) bond motifs is 1. The molecule has 6 aromatic rings. The maximum absolute atomic E-state index is 13.4. The Morgan fingerprint density at radius 3 is 1.94 bits per heavy atom. The largest absolute Gasteiger partial charge is 0.505 e. The molecule has 0 aromatic heterocycles. The summed E-state index contributed by atoms with van der Waals surface area (Å²) in [5, 5.41) is 25.4. The quantitative estimate of drug-likeness (QED) is 0.0979. The molecule has 6 rings (SSSR count). The first-order valence-corrected chi connectivity index (χ1v) is 18.1. The molecule has 1 atom stereocenters. The van der Waals surface area contributed by atoms with Gasteiger partial charge in [0.05, 0.1) is 11.3 Å². The van der Waals surface area contributed by atoms with Gasteiger partial charge in [-0.2, -0.15) is 5.11 Å². The van der Waals surface area contributed by atoms with Gasteiger partial charge in [0.15, 0.2) is 5.75 Å². The molecule has 0 bridgehead atoms. The van der Waals surface area contributed by atoms with E-state index < -0.39 is 5.91 Å². The lowest BCUT2D eigenvalue weighted by atomic mass is 9.85. The van der Waals surface area contributed by atoms with Gasteiger partial charge in [-0.25, -0.2) is 0 Å². The summed E-state index contributed by atoms with van der Waals surface area (Å²) < 4.78 is 0. The van der Waals surface area contributed by atoms with Crippen molar-refractivity contribution in [1.29, 1.82) is 0 Å². The molecule has 0 aliphatic rings. The third-order valence-corrected chi connectivity index (χ3v) is 9.90. The molecule has 0 radical (unpaired) electrons. The summed E-state index contributed by atoms with van der Waals surface area (Å²) in [6.45, 7) is 11.2. The van der Waals surface area contributed by atoms with Crippen molar-refractivity contribution in [3.05, 3.63) is 154 Å². The van der Waals surface area contributed by atoms with Crippen LogP contribution in [0, 0.1) is 6.92 Å². The lowest BCUT2D eigenvalue weighted by Crippen LogP contribution is -2.21. The minimum absolute atomic E-state index is 0.00480. The number of halogens is 1. The SMILES string of the molecule is CCN(C)c1ccc(C(c2ccc(N=Nc3c(O)c(C(=O)Nc4ccc(Cl)cc4C)cc4ccccc34)cc2)c2ccc(N(CC)CC)cc2)cc1. The van der Waals surface area contributed by atoms with Crippen molar-refractivity contribution < 1.29 is 9.90 Å². The molecule has 0 saturated heterocycles. The number of phenols is 1. The van der Waals surface area contributed by atoms with Crippen LogP contribution in [-0.2, 0) is 0 Å². The number of nitrogens with one attached hydrogen (secondary N) is 1. The number of hydrogen-bond donors (Lipinski definition) is 2. The molecular formula is C44H44ClN5O2. The first-order valence-electron chi connectivity index (χ1n) is 17.7. The molecule has 0 heterocycles. The third-order valence-electron chi connectivity index (χ3n) is 9.66. The summed E-state index contributed by atoms with van der Waals surface area (Å²) in [6, 6.07) is 40.1. The first-order chi connectivity index (χ1) is 25.2. The number of azo groups is 1. The maximum atomic E-state index is 13.4. The fraction of sp³-hybridized carbons (Fsp3) is 0.205. The van der Waals surface area contributed by atoms with Crippen molar-refractivity contribution in [3.8, 4) is 5.75 Å². The van der Waals surface area contributed by atoms with Crippen LogP contribution in [-0.4, -0.2) is 37.7 Å². The fourth-order valence-electron chi connectivity index (χ4n) is 6.54. The number of carbonyl (C=O) groups excluding carboxylic acids is 1. The molecule has 264 valence electrons. The van der Waals surface area contributed by atoms with E-state index in [1.165, 1.54) is 22.5 Å². The van der Waals surface area contributed by atoms with Crippen LogP contribution < -0.4 is 15.1 Å². The lowest BCUT2D eigenvalue weighted by Gasteiger charge is -2.24. The Kier molecular flexibility index (Phi) is 11.2. The monoisotopic (exact) mass is 709 g/mol. The van der Waals surface area contributed by atoms with E-state index >= 15 is 0 Å². The zero-order valence-corrected chi connectivity index (χ0v) is 31.0.